The summed E-state index contributed by atoms with van der Waals surface area (Å²) in [5, 5.41) is 17.3. The molecule has 18 heteroatoms. The lowest BCUT2D eigenvalue weighted by Crippen LogP contribution is -2.35. The molecule has 0 aromatic heterocycles. The number of nitrogens with zero attached hydrogens (tertiary/aromatic N) is 4. The van der Waals surface area contributed by atoms with Crippen molar-refractivity contribution in [2.45, 2.75) is 12.8 Å². The van der Waals surface area contributed by atoms with Crippen molar-refractivity contribution in [3.63, 3.8) is 0 Å². The van der Waals surface area contributed by atoms with Crippen molar-refractivity contribution in [3.8, 4) is 11.5 Å². The van der Waals surface area contributed by atoms with Crippen LogP contribution in [-0.2, 0) is 49.2 Å². The molecule has 244 valence electrons. The van der Waals surface area contributed by atoms with E-state index >= 15 is 0 Å². The van der Waals surface area contributed by atoms with Gasteiger partial charge in [-0.05, 0) is 48.6 Å². The zero-order valence-electron chi connectivity index (χ0n) is 24.1. The number of carbonyl (C=O) groups excluding carboxylic acids is 4. The van der Waals surface area contributed by atoms with Crippen LogP contribution in [0.3, 0.4) is 0 Å². The van der Waals surface area contributed by atoms with E-state index in [0.29, 0.717) is 11.5 Å². The maximum Gasteiger partial charge on any atom is 0.446 e. The molecule has 2 aliphatic carbocycles. The molecule has 0 radical (unpaired) electrons. The minimum atomic E-state index is -2.45. The van der Waals surface area contributed by atoms with Crippen molar-refractivity contribution in [1.29, 1.82) is 0 Å². The maximum atomic E-state index is 11.7. The highest BCUT2D eigenvalue weighted by atomic mass is 32.2. The van der Waals surface area contributed by atoms with Crippen molar-refractivity contribution >= 4 is 65.2 Å². The van der Waals surface area contributed by atoms with E-state index in [1.807, 2.05) is 12.1 Å². The minimum Gasteiger partial charge on any atom is -0.508 e. The molecule has 4 aliphatic rings. The molecular weight excluding hydrogens is 672 g/mol. The van der Waals surface area contributed by atoms with Gasteiger partial charge in [0, 0.05) is 12.8 Å². The Morgan fingerprint density at radius 1 is 0.562 bits per heavy atom. The van der Waals surface area contributed by atoms with Gasteiger partial charge in [0.1, 0.15) is 23.0 Å². The minimum absolute atomic E-state index is 0.00709. The van der Waals surface area contributed by atoms with E-state index in [-0.39, 0.29) is 45.2 Å². The van der Waals surface area contributed by atoms with Crippen LogP contribution in [-0.4, -0.2) is 81.3 Å². The lowest BCUT2D eigenvalue weighted by Gasteiger charge is -2.16. The standard InChI is InChI=1S/2C9H4N2O5S.2C6H6O/c2*10-11-7-8(12)5-3-4(17(14)15)1-2-6(5)16-9(7)13;2*7-6-4-2-1-3-5-6/h2*1-2H,3H2;2*1-5,7H. The Hall–Kier alpha value is -6.58. The van der Waals surface area contributed by atoms with Crippen LogP contribution in [0.2, 0.25) is 0 Å². The van der Waals surface area contributed by atoms with E-state index in [4.69, 9.17) is 30.7 Å². The Morgan fingerprint density at radius 3 is 1.15 bits per heavy atom. The fourth-order valence-electron chi connectivity index (χ4n) is 3.78. The fourth-order valence-corrected chi connectivity index (χ4v) is 4.66. The molecule has 48 heavy (non-hydrogen) atoms. The molecule has 0 spiro atoms. The topological polar surface area (TPSA) is 268 Å². The summed E-state index contributed by atoms with van der Waals surface area (Å²) in [4.78, 5) is 50.8. The smallest absolute Gasteiger partial charge is 0.446 e. The third-order valence-electron chi connectivity index (χ3n) is 6.05. The van der Waals surface area contributed by atoms with Gasteiger partial charge in [0.2, 0.25) is 20.6 Å². The van der Waals surface area contributed by atoms with E-state index < -0.39 is 55.5 Å². The summed E-state index contributed by atoms with van der Waals surface area (Å²) in [7, 11) is -4.91. The summed E-state index contributed by atoms with van der Waals surface area (Å²) in [5.41, 5.74) is 15.5. The van der Waals surface area contributed by atoms with Crippen molar-refractivity contribution in [2.24, 2.45) is 0 Å². The number of hydrogen-bond acceptors (Lipinski definition) is 12. The SMILES string of the molecule is Oc1ccccc1.Oc1ccccc1.[N-]=[N+]=C1C(=O)OC2=C(CC(=S(=O)=O)C=C2)C1=O.[N-]=[N+]=C1C(=O)OC2=C(CC(=S(=O)=O)C=C2)C1=O. The van der Waals surface area contributed by atoms with E-state index in [2.05, 4.69) is 9.58 Å². The van der Waals surface area contributed by atoms with Crippen LogP contribution in [0, 0.1) is 0 Å². The first kappa shape index (κ1) is 35.9. The number of rotatable bonds is 0. The predicted molar refractivity (Wildman–Crippen MR) is 165 cm³/mol. The Balaban J connectivity index is 0.000000188. The summed E-state index contributed by atoms with van der Waals surface area (Å²) < 4.78 is 52.4. The van der Waals surface area contributed by atoms with Crippen LogP contribution in [0.25, 0.3) is 11.1 Å². The molecular formula is C30H20N4O12S2. The molecule has 16 nitrogen and oxygen atoms in total. The van der Waals surface area contributed by atoms with E-state index in [0.717, 1.165) is 0 Å². The van der Waals surface area contributed by atoms with Crippen LogP contribution in [0.5, 0.6) is 11.5 Å². The summed E-state index contributed by atoms with van der Waals surface area (Å²) in [6.07, 6.45) is 4.54. The summed E-state index contributed by atoms with van der Waals surface area (Å²) in [6.45, 7) is 0. The number of para-hydroxylation sites is 2. The number of phenols is 2. The molecule has 2 N–H and O–H groups in total. The highest BCUT2D eigenvalue weighted by Gasteiger charge is 2.43. The lowest BCUT2D eigenvalue weighted by molar-refractivity contribution is -0.140. The average Bonchev–Trinajstić information content (AvgIpc) is 3.06. The van der Waals surface area contributed by atoms with Gasteiger partial charge in [-0.25, -0.2) is 9.59 Å². The molecule has 6 rings (SSSR count). The van der Waals surface area contributed by atoms with Gasteiger partial charge >= 0.3 is 23.4 Å². The Morgan fingerprint density at radius 2 is 0.896 bits per heavy atom. The first-order chi connectivity index (χ1) is 22.9. The second kappa shape index (κ2) is 16.6. The molecule has 2 aromatic carbocycles. The van der Waals surface area contributed by atoms with Crippen LogP contribution in [0.4, 0.5) is 0 Å². The second-order valence-electron chi connectivity index (χ2n) is 9.11. The van der Waals surface area contributed by atoms with Crippen molar-refractivity contribution in [3.05, 3.63) is 119 Å². The molecule has 2 aromatic rings. The van der Waals surface area contributed by atoms with Crippen LogP contribution in [0.1, 0.15) is 12.8 Å². The van der Waals surface area contributed by atoms with Crippen molar-refractivity contribution < 1.29 is 65.3 Å². The number of benzene rings is 2. The number of allylic oxidation sites excluding steroid dienone is 6. The summed E-state index contributed by atoms with van der Waals surface area (Å²) in [6, 6.07) is 17.4. The van der Waals surface area contributed by atoms with Crippen LogP contribution in [0.15, 0.2) is 108 Å². The van der Waals surface area contributed by atoms with Gasteiger partial charge in [0.15, 0.2) is 0 Å². The van der Waals surface area contributed by atoms with Gasteiger partial charge in [0.25, 0.3) is 11.6 Å². The van der Waals surface area contributed by atoms with Crippen molar-refractivity contribution in [2.75, 3.05) is 0 Å². The second-order valence-corrected chi connectivity index (χ2v) is 11.1. The number of ether oxygens (including phenoxy) is 2. The van der Waals surface area contributed by atoms with Gasteiger partial charge in [-0.2, -0.15) is 26.4 Å². The monoisotopic (exact) mass is 692 g/mol. The Labute approximate surface area is 273 Å². The van der Waals surface area contributed by atoms with E-state index in [1.54, 1.807) is 48.5 Å². The van der Waals surface area contributed by atoms with Crippen LogP contribution >= 0.6 is 0 Å². The maximum absolute atomic E-state index is 11.7. The first-order valence-corrected chi connectivity index (χ1v) is 15.2. The fraction of sp³-hybridized carbons (Fsp3) is 0.0667. The highest BCUT2D eigenvalue weighted by Crippen LogP contribution is 2.24. The third-order valence-corrected chi connectivity index (χ3v) is 7.47. The summed E-state index contributed by atoms with van der Waals surface area (Å²) >= 11 is 0. The lowest BCUT2D eigenvalue weighted by atomic mass is 9.95. The number of aromatic hydroxyl groups is 2. The molecule has 0 amide bonds. The number of phenolic OH excluding ortho intramolecular Hbond substituents is 2. The molecule has 0 fully saturated rings. The number of Topliss-reactive ketones (excluding diaryl/α,β-unsaturated/α-hetero) is 2. The highest BCUT2D eigenvalue weighted by molar-refractivity contribution is 7.73. The molecule has 2 heterocycles. The quantitative estimate of drug-likeness (QED) is 0.169. The van der Waals surface area contributed by atoms with Crippen molar-refractivity contribution in [1.82, 2.24) is 0 Å². The van der Waals surface area contributed by atoms with E-state index in [1.165, 1.54) is 24.3 Å². The number of hydrogen-bond donors (Lipinski definition) is 2. The molecule has 0 saturated carbocycles. The zero-order valence-corrected chi connectivity index (χ0v) is 25.7. The van der Waals surface area contributed by atoms with Crippen LogP contribution < -0.4 is 0 Å². The molecule has 0 unspecified atom stereocenters. The van der Waals surface area contributed by atoms with Gasteiger partial charge in [-0.3, -0.25) is 9.59 Å². The van der Waals surface area contributed by atoms with Gasteiger partial charge < -0.3 is 30.7 Å². The molecule has 0 bridgehead atoms. The number of esters is 2. The number of ketones is 2. The van der Waals surface area contributed by atoms with Gasteiger partial charge in [-0.1, -0.05) is 36.4 Å². The number of carbonyl (C=O) groups is 4. The Bertz CT molecular complexity index is 2050. The summed E-state index contributed by atoms with van der Waals surface area (Å²) in [5.74, 6) is -3.16. The third kappa shape index (κ3) is 9.23. The van der Waals surface area contributed by atoms with Gasteiger partial charge in [-0.15, -0.1) is 0 Å². The Kier molecular flexibility index (Phi) is 12.5. The van der Waals surface area contributed by atoms with Gasteiger partial charge in [0.05, 0.1) is 20.9 Å². The molecule has 2 aliphatic heterocycles. The largest absolute Gasteiger partial charge is 0.508 e. The predicted octanol–water partition coefficient (Wildman–Crippen LogP) is 0.882. The molecule has 0 saturated heterocycles. The average molecular weight is 693 g/mol. The first-order valence-electron chi connectivity index (χ1n) is 13.1. The van der Waals surface area contributed by atoms with E-state index in [9.17, 15) is 36.0 Å². The zero-order chi connectivity index (χ0) is 35.4. The molecule has 0 atom stereocenters. The normalized spacial score (nSPS) is 15.8.